The molecule has 11 heteroatoms. The fraction of sp³-hybridized carbons (Fsp3) is 0.300. The first-order valence-electron chi connectivity index (χ1n) is 14.4. The molecule has 0 fully saturated rings. The molecule has 0 aliphatic heterocycles. The molecule has 9 nitrogen and oxygen atoms in total. The second-order valence-electron chi connectivity index (χ2n) is 10.9. The van der Waals surface area contributed by atoms with Gasteiger partial charge in [-0.2, -0.15) is 0 Å². The Bertz CT molecular complexity index is 1770. The molecule has 0 aromatic heterocycles. The molecule has 3 aromatic carbocycles. The molecule has 0 bridgehead atoms. The summed E-state index contributed by atoms with van der Waals surface area (Å²) in [4.78, 5) is 38.1. The Morgan fingerprint density at radius 3 is 1.98 bits per heavy atom. The zero-order chi connectivity index (χ0) is 34.1. The van der Waals surface area contributed by atoms with Gasteiger partial charge < -0.3 is 14.8 Å². The molecule has 1 atom stereocenters. The summed E-state index contributed by atoms with van der Waals surface area (Å²) in [6.45, 7) is 9.92. The standard InChI is InChI=1S/C30H34FN3O6S/c1-29(2,3)39-27(36)33-24-17-12-21(19-8-13-22(31)14-9-19)18-25(24)32-26(35)20-10-15-23(16-11-20)41(7,38)34-28(37)40-30(4,5)6/h8-18H,1-7H3,(H,32,35)(H,33,36)/i8D,9D,13D,14D. The van der Waals surface area contributed by atoms with Gasteiger partial charge in [-0.1, -0.05) is 18.2 Å². The van der Waals surface area contributed by atoms with Crippen LogP contribution in [0, 0.1) is 5.82 Å². The van der Waals surface area contributed by atoms with Crippen LogP contribution in [0.1, 0.15) is 57.4 Å². The average Bonchev–Trinajstić information content (AvgIpc) is 2.90. The largest absolute Gasteiger partial charge is 0.444 e. The first-order valence-corrected chi connectivity index (χ1v) is 14.3. The predicted octanol–water partition coefficient (Wildman–Crippen LogP) is 7.48. The lowest BCUT2D eigenvalue weighted by Crippen LogP contribution is -2.27. The Hall–Kier alpha value is -4.25. The van der Waals surface area contributed by atoms with Crippen molar-refractivity contribution >= 4 is 39.2 Å². The van der Waals surface area contributed by atoms with Crippen molar-refractivity contribution in [3.8, 4) is 11.1 Å². The molecular formula is C30H34FN3O6S. The van der Waals surface area contributed by atoms with Gasteiger partial charge in [0, 0.05) is 16.7 Å². The summed E-state index contributed by atoms with van der Waals surface area (Å²) in [5.41, 5.74) is -1.64. The summed E-state index contributed by atoms with van der Waals surface area (Å²) in [5, 5.41) is 5.16. The van der Waals surface area contributed by atoms with Crippen LogP contribution in [0.15, 0.2) is 75.9 Å². The molecule has 1 unspecified atom stereocenters. The summed E-state index contributed by atoms with van der Waals surface area (Å²) in [6.07, 6.45) is -0.579. The van der Waals surface area contributed by atoms with Crippen LogP contribution in [0.5, 0.6) is 0 Å². The number of amides is 3. The van der Waals surface area contributed by atoms with Crippen molar-refractivity contribution in [1.29, 1.82) is 0 Å². The van der Waals surface area contributed by atoms with Crippen LogP contribution in [-0.4, -0.2) is 39.8 Å². The molecule has 0 spiro atoms. The Balaban J connectivity index is 2.02. The lowest BCUT2D eigenvalue weighted by atomic mass is 10.0. The quantitative estimate of drug-likeness (QED) is 0.319. The Morgan fingerprint density at radius 1 is 0.829 bits per heavy atom. The van der Waals surface area contributed by atoms with Crippen molar-refractivity contribution < 1.29 is 37.9 Å². The van der Waals surface area contributed by atoms with Crippen molar-refractivity contribution in [3.63, 3.8) is 0 Å². The predicted molar refractivity (Wildman–Crippen MR) is 157 cm³/mol. The molecule has 0 aliphatic rings. The maximum absolute atomic E-state index is 14.2. The third kappa shape index (κ3) is 9.42. The van der Waals surface area contributed by atoms with E-state index in [2.05, 4.69) is 15.0 Å². The van der Waals surface area contributed by atoms with Crippen LogP contribution < -0.4 is 10.6 Å². The Morgan fingerprint density at radius 2 is 1.41 bits per heavy atom. The molecule has 41 heavy (non-hydrogen) atoms. The number of nitrogens with one attached hydrogen (secondary N) is 2. The summed E-state index contributed by atoms with van der Waals surface area (Å²) in [7, 11) is -3.21. The minimum Gasteiger partial charge on any atom is -0.444 e. The Labute approximate surface area is 245 Å². The van der Waals surface area contributed by atoms with Crippen LogP contribution in [0.25, 0.3) is 11.1 Å². The van der Waals surface area contributed by atoms with Crippen molar-refractivity contribution in [2.45, 2.75) is 57.6 Å². The first kappa shape index (κ1) is 25.7. The van der Waals surface area contributed by atoms with Gasteiger partial charge in [0.05, 0.1) is 26.6 Å². The normalized spacial score (nSPS) is 14.3. The summed E-state index contributed by atoms with van der Waals surface area (Å²) >= 11 is 0. The maximum atomic E-state index is 14.2. The number of carbonyl (C=O) groups is 3. The second kappa shape index (κ2) is 12.1. The molecule has 0 saturated heterocycles. The van der Waals surface area contributed by atoms with Crippen LogP contribution in [0.3, 0.4) is 0 Å². The third-order valence-electron chi connectivity index (χ3n) is 4.98. The minimum absolute atomic E-state index is 0.00663. The smallest absolute Gasteiger partial charge is 0.442 e. The highest BCUT2D eigenvalue weighted by molar-refractivity contribution is 7.93. The van der Waals surface area contributed by atoms with E-state index in [0.717, 1.165) is 0 Å². The van der Waals surface area contributed by atoms with Crippen molar-refractivity contribution in [3.05, 3.63) is 78.0 Å². The van der Waals surface area contributed by atoms with Gasteiger partial charge in [-0.3, -0.25) is 10.1 Å². The van der Waals surface area contributed by atoms with Gasteiger partial charge in [-0.05, 0) is 101 Å². The van der Waals surface area contributed by atoms with Gasteiger partial charge in [-0.15, -0.1) is 4.36 Å². The fourth-order valence-corrected chi connectivity index (χ4v) is 4.36. The SMILES string of the molecule is [2H]c1c([2H])c(-c2ccc(NC(=O)OC(C)(C)C)c(NC(=O)c3ccc(S(C)(=O)=NC(=O)OC(C)(C)C)cc3)c2)c([2H])c([2H])c1F. The highest BCUT2D eigenvalue weighted by Gasteiger charge is 2.20. The number of benzene rings is 3. The number of nitrogens with zero attached hydrogens (tertiary/aromatic N) is 1. The zero-order valence-electron chi connectivity index (χ0n) is 27.7. The van der Waals surface area contributed by atoms with E-state index >= 15 is 0 Å². The molecule has 0 radical (unpaired) electrons. The second-order valence-corrected chi connectivity index (χ2v) is 13.2. The van der Waals surface area contributed by atoms with Crippen LogP contribution >= 0.6 is 0 Å². The van der Waals surface area contributed by atoms with E-state index in [-0.39, 0.29) is 33.0 Å². The van der Waals surface area contributed by atoms with Crippen LogP contribution in [-0.2, 0) is 19.2 Å². The molecule has 3 amide bonds. The number of hydrogen-bond acceptors (Lipinski definition) is 6. The lowest BCUT2D eigenvalue weighted by Gasteiger charge is -2.21. The van der Waals surface area contributed by atoms with Crippen LogP contribution in [0.2, 0.25) is 0 Å². The molecular weight excluding hydrogens is 549 g/mol. The monoisotopic (exact) mass is 587 g/mol. The highest BCUT2D eigenvalue weighted by Crippen LogP contribution is 2.30. The molecule has 0 heterocycles. The molecule has 0 aliphatic carbocycles. The number of rotatable bonds is 5. The van der Waals surface area contributed by atoms with E-state index in [1.807, 2.05) is 0 Å². The first-order chi connectivity index (χ1) is 20.6. The number of halogens is 1. The highest BCUT2D eigenvalue weighted by atomic mass is 32.2. The molecule has 3 rings (SSSR count). The van der Waals surface area contributed by atoms with E-state index in [0.29, 0.717) is 0 Å². The summed E-state index contributed by atoms with van der Waals surface area (Å²) in [5.74, 6) is -1.99. The van der Waals surface area contributed by atoms with E-state index in [4.69, 9.17) is 15.0 Å². The number of ether oxygens (including phenoxy) is 2. The minimum atomic E-state index is -3.21. The van der Waals surface area contributed by atoms with Gasteiger partial charge in [-0.25, -0.2) is 18.2 Å². The number of anilines is 2. The van der Waals surface area contributed by atoms with Gasteiger partial charge in [0.25, 0.3) is 5.91 Å². The summed E-state index contributed by atoms with van der Waals surface area (Å²) < 4.78 is 73.5. The third-order valence-corrected chi connectivity index (χ3v) is 6.63. The number of hydrogen-bond donors (Lipinski definition) is 2. The van der Waals surface area contributed by atoms with Gasteiger partial charge in [0.1, 0.15) is 17.0 Å². The topological polar surface area (TPSA) is 123 Å². The van der Waals surface area contributed by atoms with Crippen LogP contribution in [0.4, 0.5) is 25.4 Å². The number of carbonyl (C=O) groups excluding carboxylic acids is 3. The van der Waals surface area contributed by atoms with Crippen molar-refractivity contribution in [2.75, 3.05) is 16.9 Å². The lowest BCUT2D eigenvalue weighted by molar-refractivity contribution is 0.0603. The van der Waals surface area contributed by atoms with E-state index in [9.17, 15) is 23.0 Å². The average molecular weight is 588 g/mol. The maximum Gasteiger partial charge on any atom is 0.442 e. The van der Waals surface area contributed by atoms with Gasteiger partial charge >= 0.3 is 12.2 Å². The van der Waals surface area contributed by atoms with E-state index < -0.39 is 69.0 Å². The zero-order valence-corrected chi connectivity index (χ0v) is 24.5. The van der Waals surface area contributed by atoms with Gasteiger partial charge in [0.2, 0.25) is 0 Å². The Kier molecular flexibility index (Phi) is 7.58. The van der Waals surface area contributed by atoms with E-state index in [1.165, 1.54) is 48.7 Å². The van der Waals surface area contributed by atoms with E-state index in [1.54, 1.807) is 41.5 Å². The van der Waals surface area contributed by atoms with Crippen molar-refractivity contribution in [2.24, 2.45) is 4.36 Å². The molecule has 2 N–H and O–H groups in total. The molecule has 0 saturated carbocycles. The molecule has 218 valence electrons. The molecule has 3 aromatic rings. The fourth-order valence-electron chi connectivity index (χ4n) is 3.30. The van der Waals surface area contributed by atoms with Gasteiger partial charge in [0.15, 0.2) is 0 Å². The summed E-state index contributed by atoms with van der Waals surface area (Å²) in [6, 6.07) is 6.50. The van der Waals surface area contributed by atoms with Crippen molar-refractivity contribution in [1.82, 2.24) is 0 Å².